The molecule has 0 heterocycles. The number of carbonyl (C=O) groups excluding carboxylic acids is 1. The fourth-order valence-corrected chi connectivity index (χ4v) is 1.21. The lowest BCUT2D eigenvalue weighted by Crippen LogP contribution is -2.85. The highest BCUT2D eigenvalue weighted by Crippen LogP contribution is 2.01. The lowest BCUT2D eigenvalue weighted by molar-refractivity contribution is -0.636. The Morgan fingerprint density at radius 3 is 2.40 bits per heavy atom. The van der Waals surface area contributed by atoms with Gasteiger partial charge in [0.05, 0.1) is 6.54 Å². The van der Waals surface area contributed by atoms with Crippen molar-refractivity contribution >= 4 is 5.97 Å². The number of hydrogen-bond acceptors (Lipinski definition) is 2. The Morgan fingerprint density at radius 1 is 1.33 bits per heavy atom. The Hall–Kier alpha value is -0.830. The minimum atomic E-state index is -0.106. The van der Waals surface area contributed by atoms with Gasteiger partial charge in [0.1, 0.15) is 6.10 Å². The van der Waals surface area contributed by atoms with Gasteiger partial charge in [-0.25, -0.2) is 4.79 Å². The van der Waals surface area contributed by atoms with Gasteiger partial charge in [-0.05, 0) is 32.8 Å². The predicted octanol–water partition coefficient (Wildman–Crippen LogP) is 1.25. The molecule has 15 heavy (non-hydrogen) atoms. The Morgan fingerprint density at radius 2 is 1.93 bits per heavy atom. The van der Waals surface area contributed by atoms with Crippen LogP contribution in [0.15, 0.2) is 11.6 Å². The smallest absolute Gasteiger partial charge is 0.361 e. The first-order valence-electron chi connectivity index (χ1n) is 5.74. The molecule has 0 fully saturated rings. The van der Waals surface area contributed by atoms with Crippen LogP contribution in [0.5, 0.6) is 0 Å². The second-order valence-corrected chi connectivity index (χ2v) is 3.94. The summed E-state index contributed by atoms with van der Waals surface area (Å²) in [5, 5.41) is 1.96. The van der Waals surface area contributed by atoms with E-state index >= 15 is 0 Å². The monoisotopic (exact) mass is 214 g/mol. The van der Waals surface area contributed by atoms with Crippen molar-refractivity contribution in [2.24, 2.45) is 0 Å². The first-order chi connectivity index (χ1) is 7.10. The van der Waals surface area contributed by atoms with Gasteiger partial charge in [-0.2, -0.15) is 0 Å². The van der Waals surface area contributed by atoms with Crippen LogP contribution in [-0.4, -0.2) is 25.2 Å². The molecule has 88 valence electrons. The van der Waals surface area contributed by atoms with E-state index in [1.807, 2.05) is 19.2 Å². The van der Waals surface area contributed by atoms with Crippen LogP contribution in [0.4, 0.5) is 0 Å². The molecule has 0 radical (unpaired) electrons. The third-order valence-electron chi connectivity index (χ3n) is 2.21. The maximum Gasteiger partial charge on any atom is 0.361 e. The zero-order chi connectivity index (χ0) is 11.7. The van der Waals surface area contributed by atoms with E-state index in [1.165, 1.54) is 5.57 Å². The van der Waals surface area contributed by atoms with Gasteiger partial charge in [0.2, 0.25) is 0 Å². The van der Waals surface area contributed by atoms with E-state index in [-0.39, 0.29) is 12.1 Å². The molecule has 0 aromatic heterocycles. The van der Waals surface area contributed by atoms with E-state index in [0.29, 0.717) is 6.54 Å². The zero-order valence-corrected chi connectivity index (χ0v) is 10.4. The molecule has 3 nitrogen and oxygen atoms in total. The van der Waals surface area contributed by atoms with Crippen molar-refractivity contribution in [3.63, 3.8) is 0 Å². The molecule has 0 atom stereocenters. The third kappa shape index (κ3) is 8.18. The quantitative estimate of drug-likeness (QED) is 0.394. The van der Waals surface area contributed by atoms with E-state index < -0.39 is 0 Å². The third-order valence-corrected chi connectivity index (χ3v) is 2.21. The summed E-state index contributed by atoms with van der Waals surface area (Å²) in [4.78, 5) is 11.3. The summed E-state index contributed by atoms with van der Waals surface area (Å²) >= 11 is 0. The molecule has 0 rings (SSSR count). The number of quaternary nitrogens is 1. The number of esters is 1. The highest BCUT2D eigenvalue weighted by atomic mass is 16.5. The van der Waals surface area contributed by atoms with Crippen molar-refractivity contribution < 1.29 is 14.8 Å². The van der Waals surface area contributed by atoms with Gasteiger partial charge >= 0.3 is 5.97 Å². The molecule has 0 aliphatic carbocycles. The molecular weight excluding hydrogens is 190 g/mol. The van der Waals surface area contributed by atoms with Crippen molar-refractivity contribution in [1.29, 1.82) is 0 Å². The summed E-state index contributed by atoms with van der Waals surface area (Å²) in [5.41, 5.74) is 1.28. The summed E-state index contributed by atoms with van der Waals surface area (Å²) in [6.45, 7) is 9.44. The van der Waals surface area contributed by atoms with Crippen LogP contribution in [0.1, 0.15) is 40.5 Å². The first kappa shape index (κ1) is 14.2. The average Bonchev–Trinajstić information content (AvgIpc) is 2.20. The van der Waals surface area contributed by atoms with E-state index in [9.17, 15) is 4.79 Å². The molecule has 0 aromatic rings. The summed E-state index contributed by atoms with van der Waals surface area (Å²) in [6, 6.07) is 0. The molecular formula is C12H24NO2+. The van der Waals surface area contributed by atoms with Crippen LogP contribution < -0.4 is 5.32 Å². The van der Waals surface area contributed by atoms with Gasteiger partial charge in [0.25, 0.3) is 0 Å². The molecule has 2 N–H and O–H groups in total. The Labute approximate surface area is 92.9 Å². The number of nitrogens with two attached hydrogens (primary N) is 1. The zero-order valence-electron chi connectivity index (χ0n) is 10.4. The number of rotatable bonds is 7. The number of carbonyl (C=O) groups is 1. The topological polar surface area (TPSA) is 42.9 Å². The average molecular weight is 214 g/mol. The van der Waals surface area contributed by atoms with E-state index in [0.717, 1.165) is 19.4 Å². The van der Waals surface area contributed by atoms with Crippen LogP contribution in [0.3, 0.4) is 0 Å². The number of ether oxygens (including phenoxy) is 1. The lowest BCUT2D eigenvalue weighted by Gasteiger charge is -2.12. The molecule has 0 aromatic carbocycles. The second-order valence-electron chi connectivity index (χ2n) is 3.94. The predicted molar refractivity (Wildman–Crippen MR) is 61.6 cm³/mol. The SMILES string of the molecule is CCC(CC)OC(=O)C[NH2+]CC=C(C)C. The van der Waals surface area contributed by atoms with Gasteiger partial charge < -0.3 is 10.1 Å². The van der Waals surface area contributed by atoms with Crippen LogP contribution >= 0.6 is 0 Å². The fourth-order valence-electron chi connectivity index (χ4n) is 1.21. The molecule has 0 amide bonds. The Bertz CT molecular complexity index is 204. The van der Waals surface area contributed by atoms with Gasteiger partial charge in [-0.1, -0.05) is 19.4 Å². The van der Waals surface area contributed by atoms with Crippen LogP contribution in [0, 0.1) is 0 Å². The molecule has 0 unspecified atom stereocenters. The van der Waals surface area contributed by atoms with E-state index in [2.05, 4.69) is 19.9 Å². The van der Waals surface area contributed by atoms with Crippen molar-refractivity contribution in [1.82, 2.24) is 0 Å². The molecule has 0 aliphatic heterocycles. The normalized spacial score (nSPS) is 10.2. The number of allylic oxidation sites excluding steroid dienone is 1. The largest absolute Gasteiger partial charge is 0.458 e. The van der Waals surface area contributed by atoms with Crippen molar-refractivity contribution in [3.05, 3.63) is 11.6 Å². The summed E-state index contributed by atoms with van der Waals surface area (Å²) in [5.74, 6) is -0.106. The van der Waals surface area contributed by atoms with Crippen molar-refractivity contribution in [3.8, 4) is 0 Å². The van der Waals surface area contributed by atoms with Crippen LogP contribution in [-0.2, 0) is 9.53 Å². The molecule has 3 heteroatoms. The highest BCUT2D eigenvalue weighted by Gasteiger charge is 2.10. The van der Waals surface area contributed by atoms with E-state index in [1.54, 1.807) is 0 Å². The van der Waals surface area contributed by atoms with Gasteiger partial charge in [0.15, 0.2) is 6.54 Å². The minimum Gasteiger partial charge on any atom is -0.458 e. The molecule has 0 aliphatic rings. The van der Waals surface area contributed by atoms with Crippen LogP contribution in [0.25, 0.3) is 0 Å². The summed E-state index contributed by atoms with van der Waals surface area (Å²) in [6.07, 6.45) is 3.99. The van der Waals surface area contributed by atoms with Crippen molar-refractivity contribution in [2.45, 2.75) is 46.6 Å². The van der Waals surface area contributed by atoms with Gasteiger partial charge in [-0.3, -0.25) is 0 Å². The maximum absolute atomic E-state index is 11.3. The summed E-state index contributed by atoms with van der Waals surface area (Å²) < 4.78 is 5.26. The summed E-state index contributed by atoms with van der Waals surface area (Å²) in [7, 11) is 0. The van der Waals surface area contributed by atoms with Crippen LogP contribution in [0.2, 0.25) is 0 Å². The first-order valence-corrected chi connectivity index (χ1v) is 5.74. The lowest BCUT2D eigenvalue weighted by atomic mass is 10.2. The van der Waals surface area contributed by atoms with Gasteiger partial charge in [-0.15, -0.1) is 0 Å². The molecule has 0 saturated carbocycles. The second kappa shape index (κ2) is 8.48. The van der Waals surface area contributed by atoms with Crippen molar-refractivity contribution in [2.75, 3.05) is 13.1 Å². The molecule has 0 bridgehead atoms. The Balaban J connectivity index is 3.61. The molecule has 0 spiro atoms. The molecule has 0 saturated heterocycles. The van der Waals surface area contributed by atoms with E-state index in [4.69, 9.17) is 4.74 Å². The number of hydrogen-bond donors (Lipinski definition) is 1. The van der Waals surface area contributed by atoms with Gasteiger partial charge in [0, 0.05) is 0 Å². The minimum absolute atomic E-state index is 0.0920. The highest BCUT2D eigenvalue weighted by molar-refractivity contribution is 5.70. The fraction of sp³-hybridized carbons (Fsp3) is 0.750. The maximum atomic E-state index is 11.3. The Kier molecular flexibility index (Phi) is 8.01. The standard InChI is InChI=1S/C12H23NO2/c1-5-11(6-2)15-12(14)9-13-8-7-10(3)4/h7,11,13H,5-6,8-9H2,1-4H3/p+1.